The maximum atomic E-state index is 12.1. The first-order valence-electron chi connectivity index (χ1n) is 7.71. The van der Waals surface area contributed by atoms with Gasteiger partial charge in [0.2, 0.25) is 17.6 Å². The standard InChI is InChI=1S/C17H15BrN6O2/c1-11(25)19-14-6-8-15(9-7-14)20-16(26)10-24-22-17(21-23-24)12-2-4-13(18)5-3-12/h2-9H,10H2,1H3,(H,19,25)(H,20,26). The van der Waals surface area contributed by atoms with Gasteiger partial charge in [0.25, 0.3) is 0 Å². The van der Waals surface area contributed by atoms with Crippen LogP contribution in [0.3, 0.4) is 0 Å². The van der Waals surface area contributed by atoms with Crippen molar-refractivity contribution in [3.63, 3.8) is 0 Å². The summed E-state index contributed by atoms with van der Waals surface area (Å²) < 4.78 is 0.956. The lowest BCUT2D eigenvalue weighted by Gasteiger charge is -2.06. The molecule has 2 aromatic carbocycles. The molecule has 0 saturated heterocycles. The van der Waals surface area contributed by atoms with Crippen molar-refractivity contribution in [2.45, 2.75) is 13.5 Å². The molecular formula is C17H15BrN6O2. The van der Waals surface area contributed by atoms with E-state index < -0.39 is 0 Å². The highest BCUT2D eigenvalue weighted by molar-refractivity contribution is 9.10. The number of carbonyl (C=O) groups excluding carboxylic acids is 2. The fourth-order valence-electron chi connectivity index (χ4n) is 2.19. The lowest BCUT2D eigenvalue weighted by atomic mass is 10.2. The maximum absolute atomic E-state index is 12.1. The highest BCUT2D eigenvalue weighted by Crippen LogP contribution is 2.17. The summed E-state index contributed by atoms with van der Waals surface area (Å²) in [6, 6.07) is 14.3. The Morgan fingerprint density at radius 1 is 1.00 bits per heavy atom. The van der Waals surface area contributed by atoms with E-state index >= 15 is 0 Å². The Bertz CT molecular complexity index is 921. The monoisotopic (exact) mass is 414 g/mol. The summed E-state index contributed by atoms with van der Waals surface area (Å²) in [6.07, 6.45) is 0. The van der Waals surface area contributed by atoms with Crippen molar-refractivity contribution < 1.29 is 9.59 Å². The fraction of sp³-hybridized carbons (Fsp3) is 0.118. The third-order valence-electron chi connectivity index (χ3n) is 3.33. The lowest BCUT2D eigenvalue weighted by Crippen LogP contribution is -2.20. The predicted octanol–water partition coefficient (Wildman–Crippen LogP) is 2.70. The lowest BCUT2D eigenvalue weighted by molar-refractivity contribution is -0.117. The normalized spacial score (nSPS) is 10.4. The molecule has 132 valence electrons. The van der Waals surface area contributed by atoms with E-state index in [1.54, 1.807) is 24.3 Å². The molecule has 1 aromatic heterocycles. The van der Waals surface area contributed by atoms with Crippen LogP contribution in [0.15, 0.2) is 53.0 Å². The Labute approximate surface area is 157 Å². The van der Waals surface area contributed by atoms with Gasteiger partial charge >= 0.3 is 0 Å². The molecule has 2 amide bonds. The third kappa shape index (κ3) is 4.73. The topological polar surface area (TPSA) is 102 Å². The molecule has 9 heteroatoms. The molecule has 26 heavy (non-hydrogen) atoms. The van der Waals surface area contributed by atoms with Crippen molar-refractivity contribution in [3.05, 3.63) is 53.0 Å². The van der Waals surface area contributed by atoms with Gasteiger partial charge in [0.15, 0.2) is 0 Å². The van der Waals surface area contributed by atoms with Crippen molar-refractivity contribution in [2.24, 2.45) is 0 Å². The van der Waals surface area contributed by atoms with Crippen LogP contribution in [0.1, 0.15) is 6.92 Å². The van der Waals surface area contributed by atoms with Crippen LogP contribution < -0.4 is 10.6 Å². The van der Waals surface area contributed by atoms with Crippen LogP contribution >= 0.6 is 15.9 Å². The molecule has 0 unspecified atom stereocenters. The molecule has 3 rings (SSSR count). The van der Waals surface area contributed by atoms with Crippen LogP contribution in [0.4, 0.5) is 11.4 Å². The Morgan fingerprint density at radius 3 is 2.23 bits per heavy atom. The van der Waals surface area contributed by atoms with E-state index in [4.69, 9.17) is 0 Å². The number of anilines is 2. The van der Waals surface area contributed by atoms with E-state index in [2.05, 4.69) is 42.0 Å². The number of tetrazole rings is 1. The van der Waals surface area contributed by atoms with Crippen LogP contribution in [0.5, 0.6) is 0 Å². The molecule has 2 N–H and O–H groups in total. The molecule has 3 aromatic rings. The number of nitrogens with zero attached hydrogens (tertiary/aromatic N) is 4. The number of amides is 2. The van der Waals surface area contributed by atoms with Crippen molar-refractivity contribution in [2.75, 3.05) is 10.6 Å². The molecule has 8 nitrogen and oxygen atoms in total. The van der Waals surface area contributed by atoms with Crippen molar-refractivity contribution >= 4 is 39.1 Å². The molecular weight excluding hydrogens is 400 g/mol. The van der Waals surface area contributed by atoms with Gasteiger partial charge in [-0.1, -0.05) is 15.9 Å². The number of hydrogen-bond donors (Lipinski definition) is 2. The quantitative estimate of drug-likeness (QED) is 0.667. The minimum Gasteiger partial charge on any atom is -0.326 e. The number of carbonyl (C=O) groups is 2. The SMILES string of the molecule is CC(=O)Nc1ccc(NC(=O)Cn2nnc(-c3ccc(Br)cc3)n2)cc1. The van der Waals surface area contributed by atoms with Gasteiger partial charge in [-0.2, -0.15) is 4.80 Å². The molecule has 0 bridgehead atoms. The second-order valence-electron chi connectivity index (χ2n) is 5.46. The summed E-state index contributed by atoms with van der Waals surface area (Å²) in [7, 11) is 0. The molecule has 0 radical (unpaired) electrons. The minimum atomic E-state index is -0.281. The molecule has 0 fully saturated rings. The van der Waals surface area contributed by atoms with E-state index in [9.17, 15) is 9.59 Å². The van der Waals surface area contributed by atoms with E-state index in [1.165, 1.54) is 11.7 Å². The molecule has 0 saturated carbocycles. The van der Waals surface area contributed by atoms with Crippen molar-refractivity contribution in [1.29, 1.82) is 0 Å². The second kappa shape index (κ2) is 7.87. The molecule has 0 atom stereocenters. The molecule has 0 aliphatic carbocycles. The average Bonchev–Trinajstić information content (AvgIpc) is 3.05. The summed E-state index contributed by atoms with van der Waals surface area (Å²) in [6.45, 7) is 1.38. The molecule has 0 aliphatic rings. The number of aromatic nitrogens is 4. The van der Waals surface area contributed by atoms with Crippen LogP contribution in [-0.4, -0.2) is 32.0 Å². The summed E-state index contributed by atoms with van der Waals surface area (Å²) in [5.74, 6) is 0.0163. The second-order valence-corrected chi connectivity index (χ2v) is 6.37. The number of hydrogen-bond acceptors (Lipinski definition) is 5. The van der Waals surface area contributed by atoms with Crippen LogP contribution in [-0.2, 0) is 16.1 Å². The van der Waals surface area contributed by atoms with Crippen LogP contribution in [0, 0.1) is 0 Å². The smallest absolute Gasteiger partial charge is 0.248 e. The van der Waals surface area contributed by atoms with Crippen molar-refractivity contribution in [3.8, 4) is 11.4 Å². The van der Waals surface area contributed by atoms with Gasteiger partial charge in [0.1, 0.15) is 6.54 Å². The average molecular weight is 415 g/mol. The van der Waals surface area contributed by atoms with Gasteiger partial charge in [-0.25, -0.2) is 0 Å². The summed E-state index contributed by atoms with van der Waals surface area (Å²) in [5, 5.41) is 17.5. The predicted molar refractivity (Wildman–Crippen MR) is 100 cm³/mol. The summed E-state index contributed by atoms with van der Waals surface area (Å²) in [4.78, 5) is 24.3. The zero-order valence-electron chi connectivity index (χ0n) is 13.8. The third-order valence-corrected chi connectivity index (χ3v) is 3.86. The Balaban J connectivity index is 1.60. The van der Waals surface area contributed by atoms with Crippen LogP contribution in [0.2, 0.25) is 0 Å². The highest BCUT2D eigenvalue weighted by Gasteiger charge is 2.10. The van der Waals surface area contributed by atoms with Gasteiger partial charge in [-0.15, -0.1) is 10.2 Å². The van der Waals surface area contributed by atoms with Crippen LogP contribution in [0.25, 0.3) is 11.4 Å². The maximum Gasteiger partial charge on any atom is 0.248 e. The molecule has 0 spiro atoms. The number of rotatable bonds is 5. The first-order valence-corrected chi connectivity index (χ1v) is 8.50. The first-order chi connectivity index (χ1) is 12.5. The van der Waals surface area contributed by atoms with Gasteiger partial charge in [-0.05, 0) is 53.7 Å². The van der Waals surface area contributed by atoms with E-state index in [1.807, 2.05) is 24.3 Å². The number of nitrogens with one attached hydrogen (secondary N) is 2. The Hall–Kier alpha value is -3.07. The first kappa shape index (κ1) is 17.7. The largest absolute Gasteiger partial charge is 0.326 e. The van der Waals surface area contributed by atoms with Gasteiger partial charge < -0.3 is 10.6 Å². The summed E-state index contributed by atoms with van der Waals surface area (Å²) in [5.41, 5.74) is 2.08. The Kier molecular flexibility index (Phi) is 5.37. The van der Waals surface area contributed by atoms with Gasteiger partial charge in [0, 0.05) is 28.3 Å². The zero-order valence-corrected chi connectivity index (χ0v) is 15.4. The van der Waals surface area contributed by atoms with Gasteiger partial charge in [0.05, 0.1) is 0 Å². The fourth-order valence-corrected chi connectivity index (χ4v) is 2.46. The molecule has 1 heterocycles. The Morgan fingerprint density at radius 2 is 1.62 bits per heavy atom. The van der Waals surface area contributed by atoms with E-state index in [0.717, 1.165) is 10.0 Å². The number of halogens is 1. The minimum absolute atomic E-state index is 0.0586. The van der Waals surface area contributed by atoms with Gasteiger partial charge in [-0.3, -0.25) is 9.59 Å². The van der Waals surface area contributed by atoms with Crippen molar-refractivity contribution in [1.82, 2.24) is 20.2 Å². The summed E-state index contributed by atoms with van der Waals surface area (Å²) >= 11 is 3.37. The zero-order chi connectivity index (χ0) is 18.5. The van der Waals surface area contributed by atoms with E-state index in [0.29, 0.717) is 17.2 Å². The highest BCUT2D eigenvalue weighted by atomic mass is 79.9. The molecule has 0 aliphatic heterocycles. The van der Waals surface area contributed by atoms with E-state index in [-0.39, 0.29) is 18.4 Å². The number of benzene rings is 2.